The first-order valence-corrected chi connectivity index (χ1v) is 16.3. The number of aromatic nitrogens is 3. The van der Waals surface area contributed by atoms with Gasteiger partial charge >= 0.3 is 7.82 Å². The molecule has 4 aromatic rings. The van der Waals surface area contributed by atoms with Crippen LogP contribution < -0.4 is 20.1 Å². The predicted molar refractivity (Wildman–Crippen MR) is 163 cm³/mol. The van der Waals surface area contributed by atoms with E-state index in [-0.39, 0.29) is 24.8 Å². The molecule has 0 bridgehead atoms. The van der Waals surface area contributed by atoms with E-state index in [4.69, 9.17) is 23.8 Å². The van der Waals surface area contributed by atoms with Crippen molar-refractivity contribution >= 4 is 52.6 Å². The number of halogens is 2. The third kappa shape index (κ3) is 8.90. The summed E-state index contributed by atoms with van der Waals surface area (Å²) in [5, 5.41) is 6.83. The summed E-state index contributed by atoms with van der Waals surface area (Å²) in [7, 11) is -2.98. The largest absolute Gasteiger partial charge is 0.493 e. The van der Waals surface area contributed by atoms with Crippen LogP contribution in [0.1, 0.15) is 24.1 Å². The number of ether oxygens (including phenoxy) is 2. The summed E-state index contributed by atoms with van der Waals surface area (Å²) < 4.78 is 53.9. The summed E-state index contributed by atoms with van der Waals surface area (Å²) in [5.74, 6) is -1.01. The van der Waals surface area contributed by atoms with E-state index >= 15 is 0 Å². The Hall–Kier alpha value is -3.79. The molecule has 3 heterocycles. The molecule has 13 nitrogen and oxygen atoms in total. The van der Waals surface area contributed by atoms with Crippen molar-refractivity contribution in [2.24, 2.45) is 0 Å². The summed E-state index contributed by atoms with van der Waals surface area (Å²) in [6, 6.07) is 6.60. The maximum absolute atomic E-state index is 13.4. The molecule has 1 atom stereocenters. The number of carbonyl (C=O) groups is 1. The molecule has 240 valence electrons. The smallest absolute Gasteiger partial charge is 0.469 e. The molecule has 5 rings (SSSR count). The SMILES string of the molecule is COc1cc2c(Nc3ncc(CC(=O)Nc4ccc(F)c(F)c4)s3)ncnc2cc1OCCCN1CCCC1COP(=O)(O)O. The molecule has 0 radical (unpaired) electrons. The lowest BCUT2D eigenvalue weighted by Crippen LogP contribution is -2.34. The highest BCUT2D eigenvalue weighted by Gasteiger charge is 2.27. The monoisotopic (exact) mass is 664 g/mol. The minimum atomic E-state index is -4.50. The molecular weight excluding hydrogens is 633 g/mol. The molecule has 0 spiro atoms. The molecule has 1 aliphatic rings. The fourth-order valence-electron chi connectivity index (χ4n) is 4.93. The van der Waals surface area contributed by atoms with Crippen LogP contribution in [0.2, 0.25) is 0 Å². The third-order valence-electron chi connectivity index (χ3n) is 7.02. The molecule has 0 saturated carbocycles. The van der Waals surface area contributed by atoms with Crippen LogP contribution in [0.4, 0.5) is 25.4 Å². The van der Waals surface area contributed by atoms with Gasteiger partial charge in [-0.2, -0.15) is 0 Å². The average molecular weight is 665 g/mol. The number of fused-ring (bicyclic) bond motifs is 1. The first kappa shape index (κ1) is 32.6. The summed E-state index contributed by atoms with van der Waals surface area (Å²) in [5.41, 5.74) is 0.748. The Labute approximate surface area is 260 Å². The number of benzene rings is 2. The highest BCUT2D eigenvalue weighted by atomic mass is 32.1. The lowest BCUT2D eigenvalue weighted by Gasteiger charge is -2.24. The molecule has 1 unspecified atom stereocenters. The van der Waals surface area contributed by atoms with Gasteiger partial charge in [-0.25, -0.2) is 28.3 Å². The fourth-order valence-corrected chi connectivity index (χ4v) is 6.11. The summed E-state index contributed by atoms with van der Waals surface area (Å²) in [6.45, 7) is 1.87. The van der Waals surface area contributed by atoms with Gasteiger partial charge in [0, 0.05) is 46.9 Å². The molecule has 2 aromatic carbocycles. The van der Waals surface area contributed by atoms with Crippen LogP contribution in [0.3, 0.4) is 0 Å². The van der Waals surface area contributed by atoms with Gasteiger partial charge in [0.25, 0.3) is 0 Å². The van der Waals surface area contributed by atoms with Gasteiger partial charge in [0.05, 0.1) is 32.3 Å². The molecular formula is C28H31F2N6O7PS. The number of anilines is 3. The van der Waals surface area contributed by atoms with Crippen LogP contribution >= 0.6 is 19.2 Å². The Morgan fingerprint density at radius 1 is 1.16 bits per heavy atom. The van der Waals surface area contributed by atoms with Crippen LogP contribution in [0.25, 0.3) is 10.9 Å². The first-order chi connectivity index (χ1) is 21.6. The Kier molecular flexibility index (Phi) is 10.5. The summed E-state index contributed by atoms with van der Waals surface area (Å²) in [6.07, 6.45) is 5.35. The number of methoxy groups -OCH3 is 1. The van der Waals surface area contributed by atoms with Crippen molar-refractivity contribution in [2.45, 2.75) is 31.7 Å². The maximum Gasteiger partial charge on any atom is 0.469 e. The van der Waals surface area contributed by atoms with Crippen molar-refractivity contribution < 1.29 is 41.9 Å². The van der Waals surface area contributed by atoms with E-state index in [1.807, 2.05) is 0 Å². The van der Waals surface area contributed by atoms with Crippen LogP contribution in [-0.2, 0) is 20.3 Å². The zero-order valence-corrected chi connectivity index (χ0v) is 25.8. The van der Waals surface area contributed by atoms with Gasteiger partial charge in [-0.3, -0.25) is 14.2 Å². The lowest BCUT2D eigenvalue weighted by atomic mass is 10.2. The van der Waals surface area contributed by atoms with Crippen molar-refractivity contribution in [3.8, 4) is 11.5 Å². The van der Waals surface area contributed by atoms with E-state index in [1.165, 1.54) is 30.8 Å². The Morgan fingerprint density at radius 2 is 2.00 bits per heavy atom. The van der Waals surface area contributed by atoms with Crippen LogP contribution in [0.5, 0.6) is 11.5 Å². The van der Waals surface area contributed by atoms with Crippen LogP contribution in [0, 0.1) is 11.6 Å². The van der Waals surface area contributed by atoms with Crippen molar-refractivity contribution in [3.05, 3.63) is 59.4 Å². The second-order valence-corrected chi connectivity index (χ2v) is 12.5. The molecule has 17 heteroatoms. The number of rotatable bonds is 14. The van der Waals surface area contributed by atoms with Crippen LogP contribution in [-0.4, -0.2) is 75.0 Å². The number of nitrogens with one attached hydrogen (secondary N) is 2. The summed E-state index contributed by atoms with van der Waals surface area (Å²) >= 11 is 1.24. The molecule has 1 fully saturated rings. The number of likely N-dealkylation sites (tertiary alicyclic amines) is 1. The number of nitrogens with zero attached hydrogens (tertiary/aromatic N) is 4. The van der Waals surface area contributed by atoms with E-state index in [9.17, 15) is 18.1 Å². The lowest BCUT2D eigenvalue weighted by molar-refractivity contribution is -0.115. The molecule has 4 N–H and O–H groups in total. The normalized spacial score (nSPS) is 15.4. The number of hydrogen-bond acceptors (Lipinski definition) is 11. The number of carbonyl (C=O) groups excluding carboxylic acids is 1. The second-order valence-electron chi connectivity index (χ2n) is 10.2. The highest BCUT2D eigenvalue weighted by Crippen LogP contribution is 2.37. The number of phosphoric acid groups is 1. The van der Waals surface area contributed by atoms with Crippen molar-refractivity contribution in [1.29, 1.82) is 0 Å². The number of hydrogen-bond donors (Lipinski definition) is 4. The van der Waals surface area contributed by atoms with E-state index in [0.29, 0.717) is 57.8 Å². The zero-order chi connectivity index (χ0) is 32.0. The standard InChI is InChI=1S/C28H31F2N6O7PS/c1-41-24-12-20-23(13-25(24)42-9-3-8-36-7-2-4-18(36)15-43-44(38,39)40)32-16-33-27(20)35-28-31-14-19(45-28)11-26(37)34-17-5-6-21(29)22(30)10-17/h5-6,10,12-14,16,18H,2-4,7-9,11,15H2,1H3,(H,34,37)(H2,38,39,40)(H,31,32,33,35). The third-order valence-corrected chi connectivity index (χ3v) is 8.42. The molecule has 0 aliphatic carbocycles. The average Bonchev–Trinajstić information content (AvgIpc) is 3.64. The quantitative estimate of drug-likeness (QED) is 0.109. The zero-order valence-electron chi connectivity index (χ0n) is 24.1. The van der Waals surface area contributed by atoms with Gasteiger partial charge in [-0.05, 0) is 44.0 Å². The minimum Gasteiger partial charge on any atom is -0.493 e. The van der Waals surface area contributed by atoms with Gasteiger partial charge in [0.2, 0.25) is 5.91 Å². The Bertz CT molecular complexity index is 1710. The van der Waals surface area contributed by atoms with Gasteiger partial charge in [-0.1, -0.05) is 0 Å². The highest BCUT2D eigenvalue weighted by molar-refractivity contribution is 7.46. The first-order valence-electron chi connectivity index (χ1n) is 13.9. The number of phosphoric ester groups is 1. The van der Waals surface area contributed by atoms with Crippen molar-refractivity contribution in [2.75, 3.05) is 44.0 Å². The Balaban J connectivity index is 1.18. The van der Waals surface area contributed by atoms with E-state index in [2.05, 4.69) is 30.5 Å². The topological polar surface area (TPSA) is 168 Å². The molecule has 1 aliphatic heterocycles. The van der Waals surface area contributed by atoms with Crippen LogP contribution in [0.15, 0.2) is 42.9 Å². The molecule has 45 heavy (non-hydrogen) atoms. The predicted octanol–water partition coefficient (Wildman–Crippen LogP) is 4.64. The van der Waals surface area contributed by atoms with Crippen molar-refractivity contribution in [1.82, 2.24) is 19.9 Å². The van der Waals surface area contributed by atoms with Gasteiger partial charge < -0.3 is 29.9 Å². The van der Waals surface area contributed by atoms with Gasteiger partial charge in [-0.15, -0.1) is 11.3 Å². The maximum atomic E-state index is 13.4. The van der Waals surface area contributed by atoms with E-state index in [1.54, 1.807) is 18.3 Å². The fraction of sp³-hybridized carbons (Fsp3) is 0.357. The molecule has 1 amide bonds. The molecule has 1 saturated heterocycles. The summed E-state index contributed by atoms with van der Waals surface area (Å²) in [4.78, 5) is 46.2. The number of thiazole rings is 1. The number of amides is 1. The minimum absolute atomic E-state index is 0.0167. The van der Waals surface area contributed by atoms with Gasteiger partial charge in [0.1, 0.15) is 12.1 Å². The van der Waals surface area contributed by atoms with E-state index < -0.39 is 25.4 Å². The van der Waals surface area contributed by atoms with E-state index in [0.717, 1.165) is 31.5 Å². The van der Waals surface area contributed by atoms with Crippen molar-refractivity contribution in [3.63, 3.8) is 0 Å². The second kappa shape index (κ2) is 14.5. The van der Waals surface area contributed by atoms with Gasteiger partial charge in [0.15, 0.2) is 28.3 Å². The molecule has 2 aromatic heterocycles. The Morgan fingerprint density at radius 3 is 2.78 bits per heavy atom.